The molecule has 4 rings (SSSR count). The summed E-state index contributed by atoms with van der Waals surface area (Å²) in [4.78, 5) is 10.5. The monoisotopic (exact) mass is 1300 g/mol. The van der Waals surface area contributed by atoms with Gasteiger partial charge in [0.25, 0.3) is 0 Å². The molecule has 0 unspecified atom stereocenters. The van der Waals surface area contributed by atoms with Gasteiger partial charge in [0.1, 0.15) is 0 Å². The topological polar surface area (TPSA) is 37.7 Å². The van der Waals surface area contributed by atoms with Crippen LogP contribution in [0.1, 0.15) is 230 Å². The van der Waals surface area contributed by atoms with Crippen LogP contribution in [0.25, 0.3) is 0 Å². The van der Waals surface area contributed by atoms with Gasteiger partial charge in [0.2, 0.25) is 0 Å². The maximum atomic E-state index is 5.23. The van der Waals surface area contributed by atoms with Crippen molar-refractivity contribution >= 4 is 106 Å². The van der Waals surface area contributed by atoms with Gasteiger partial charge in [0.05, 0.1) is 0 Å². The average Bonchev–Trinajstić information content (AvgIpc) is 3.29. The van der Waals surface area contributed by atoms with Crippen molar-refractivity contribution in [1.29, 1.82) is 0 Å². The van der Waals surface area contributed by atoms with E-state index in [1.54, 1.807) is 36.5 Å². The second-order valence-electron chi connectivity index (χ2n) is 22.4. The van der Waals surface area contributed by atoms with E-state index in [1.165, 1.54) is 67.3 Å². The summed E-state index contributed by atoms with van der Waals surface area (Å²) < 4.78 is 10.1. The second-order valence-corrected chi connectivity index (χ2v) is 29.8. The molecule has 0 amide bonds. The summed E-state index contributed by atoms with van der Waals surface area (Å²) in [5.74, 6) is 3.65. The third kappa shape index (κ3) is 19.3. The molecule has 0 aliphatic rings. The van der Waals surface area contributed by atoms with Gasteiger partial charge in [-0.1, -0.05) is 0 Å². The number of rotatable bonds is 20. The van der Waals surface area contributed by atoms with Crippen LogP contribution in [0.2, 0.25) is 0 Å². The van der Waals surface area contributed by atoms with Crippen LogP contribution in [0.3, 0.4) is 0 Å². The van der Waals surface area contributed by atoms with Crippen LogP contribution >= 0.6 is 0 Å². The number of para-hydroxylation sites is 4. The second kappa shape index (κ2) is 32.0. The average molecular weight is 1310 g/mol. The standard InChI is InChI=1S/2C29H41N2.2C2H6N.2Ga.2Sb/c2*1-18(2)24-13-11-14-25(19(3)4)28(24)30-22(9)17-23(10)31-29-26(20(5)6)15-12-16-27(29)21(7)8;2*1-3-2;;;;/h2*11-21H,1-10H3;2*1-2H3;;;;/q4*-1;2*+2;;/b2*22-17-,31-23?;;;;;;. The minimum atomic E-state index is -0.894. The van der Waals surface area contributed by atoms with Crippen molar-refractivity contribution in [3.63, 3.8) is 0 Å². The fourth-order valence-corrected chi connectivity index (χ4v) is 13.9. The Hall–Kier alpha value is -1.87. The molecule has 6 nitrogen and oxygen atoms in total. The number of allylic oxidation sites excluding steroid dienone is 4. The summed E-state index contributed by atoms with van der Waals surface area (Å²) in [5.41, 5.74) is 20.9. The van der Waals surface area contributed by atoms with E-state index >= 15 is 0 Å². The fourth-order valence-electron chi connectivity index (χ4n) is 9.13. The molecule has 0 saturated carbocycles. The van der Waals surface area contributed by atoms with Crippen molar-refractivity contribution in [2.75, 3.05) is 35.4 Å². The molecular formula is C62H94Ga2N6Sb2. The number of hydrogen-bond donors (Lipinski definition) is 0. The zero-order valence-corrected chi connectivity index (χ0v) is 59.4. The quantitative estimate of drug-likeness (QED) is 0.0653. The minimum absolute atomic E-state index is 0.440. The Labute approximate surface area is 481 Å². The van der Waals surface area contributed by atoms with Gasteiger partial charge in [0.15, 0.2) is 0 Å². The molecule has 0 fully saturated rings. The van der Waals surface area contributed by atoms with Gasteiger partial charge in [-0.2, -0.15) is 0 Å². The summed E-state index contributed by atoms with van der Waals surface area (Å²) in [6, 6.07) is 27.0. The van der Waals surface area contributed by atoms with Crippen LogP contribution in [-0.2, 0) is 0 Å². The summed E-state index contributed by atoms with van der Waals surface area (Å²) in [7, 11) is 8.84. The molecule has 0 aromatic heterocycles. The van der Waals surface area contributed by atoms with E-state index < -0.39 is 35.8 Å². The Kier molecular flexibility index (Phi) is 29.4. The normalized spacial score (nSPS) is 12.8. The first-order valence-corrected chi connectivity index (χ1v) is 39.6. The third-order valence-electron chi connectivity index (χ3n) is 12.7. The first-order chi connectivity index (χ1) is 33.7. The Bertz CT molecular complexity index is 2190. The molecule has 72 heavy (non-hydrogen) atoms. The molecule has 10 heteroatoms. The number of hydrogen-bond acceptors (Lipinski definition) is 6. The molecule has 0 bridgehead atoms. The first kappa shape index (κ1) is 66.2. The van der Waals surface area contributed by atoms with Gasteiger partial charge in [0, 0.05) is 0 Å². The van der Waals surface area contributed by atoms with E-state index in [0.717, 1.165) is 22.8 Å². The van der Waals surface area contributed by atoms with E-state index in [9.17, 15) is 0 Å². The molecule has 0 spiro atoms. The molecule has 388 valence electrons. The summed E-state index contributed by atoms with van der Waals surface area (Å²) >= 11 is 1.81. The van der Waals surface area contributed by atoms with E-state index in [-0.39, 0.29) is 0 Å². The number of benzene rings is 4. The summed E-state index contributed by atoms with van der Waals surface area (Å²) in [6.45, 7) is 45.4. The Balaban J connectivity index is 0.000000477. The number of anilines is 2. The van der Waals surface area contributed by atoms with Gasteiger partial charge < -0.3 is 0 Å². The van der Waals surface area contributed by atoms with Crippen molar-refractivity contribution in [2.24, 2.45) is 9.98 Å². The predicted molar refractivity (Wildman–Crippen MR) is 327 cm³/mol. The van der Waals surface area contributed by atoms with Crippen LogP contribution in [0.4, 0.5) is 22.7 Å². The molecular weight excluding hydrogens is 1210 g/mol. The Morgan fingerprint density at radius 2 is 0.569 bits per heavy atom. The molecule has 0 atom stereocenters. The molecule has 0 aliphatic carbocycles. The van der Waals surface area contributed by atoms with Crippen LogP contribution in [0.15, 0.2) is 106 Å². The predicted octanol–water partition coefficient (Wildman–Crippen LogP) is 16.8. The van der Waals surface area contributed by atoms with Crippen LogP contribution < -0.4 is 7.21 Å². The molecule has 0 N–H and O–H groups in total. The zero-order chi connectivity index (χ0) is 54.9. The maximum absolute atomic E-state index is 5.23. The van der Waals surface area contributed by atoms with Crippen LogP contribution in [-0.4, -0.2) is 119 Å². The van der Waals surface area contributed by atoms with Gasteiger partial charge in [-0.3, -0.25) is 0 Å². The van der Waals surface area contributed by atoms with Crippen molar-refractivity contribution in [1.82, 2.24) is 7.21 Å². The van der Waals surface area contributed by atoms with Crippen LogP contribution in [0, 0.1) is 0 Å². The number of nitrogens with zero attached hydrogens (tertiary/aromatic N) is 6. The van der Waals surface area contributed by atoms with E-state index in [0.29, 0.717) is 47.3 Å². The van der Waals surface area contributed by atoms with Crippen molar-refractivity contribution in [2.45, 2.75) is 186 Å². The third-order valence-corrected chi connectivity index (χ3v) is 18.4. The molecule has 0 aliphatic heterocycles. The van der Waals surface area contributed by atoms with E-state index in [2.05, 4.69) is 266 Å². The Morgan fingerprint density at radius 1 is 0.375 bits per heavy atom. The summed E-state index contributed by atoms with van der Waals surface area (Å²) in [5, 5.41) is 0. The molecule has 4 aromatic rings. The van der Waals surface area contributed by atoms with Crippen LogP contribution in [0.5, 0.6) is 0 Å². The molecule has 0 saturated heterocycles. The van der Waals surface area contributed by atoms with Crippen molar-refractivity contribution in [3.05, 3.63) is 141 Å². The molecule has 4 aromatic carbocycles. The van der Waals surface area contributed by atoms with Gasteiger partial charge in [-0.15, -0.1) is 0 Å². The van der Waals surface area contributed by atoms with Gasteiger partial charge >= 0.3 is 486 Å². The fraction of sp³-hybridized carbons (Fsp3) is 0.516. The SMILES string of the molecule is CC(/C=C(/C)[N]([Ga][N](C)C)c1c(C(C)C)cccc1C(C)C)=Nc1c(C(C)C)cccc1C(C)C.CC(/C=C(/C)[N]([Ga][N](C)C)c1c(C(C)C)cccc1C(C)C)=Nc1c(C(C)C)cccc1C(C)C.[Sb]=[Sb]. The Morgan fingerprint density at radius 3 is 0.750 bits per heavy atom. The van der Waals surface area contributed by atoms with Crippen molar-refractivity contribution in [3.8, 4) is 0 Å². The number of aliphatic imine (C=N–C) groups is 2. The van der Waals surface area contributed by atoms with E-state index in [1.807, 2.05) is 0 Å². The zero-order valence-electron chi connectivity index (χ0n) is 49.4. The van der Waals surface area contributed by atoms with Crippen molar-refractivity contribution < 1.29 is 0 Å². The molecule has 0 heterocycles. The molecule has 4 radical (unpaired) electrons. The first-order valence-electron chi connectivity index (χ1n) is 26.5. The van der Waals surface area contributed by atoms with Gasteiger partial charge in [-0.25, -0.2) is 0 Å². The van der Waals surface area contributed by atoms with E-state index in [4.69, 9.17) is 9.98 Å². The van der Waals surface area contributed by atoms with Gasteiger partial charge in [-0.05, 0) is 0 Å². The summed E-state index contributed by atoms with van der Waals surface area (Å²) in [6.07, 6.45) is 4.59.